The first kappa shape index (κ1) is 35.5. The Kier molecular flexibility index (Phi) is 12.5. The summed E-state index contributed by atoms with van der Waals surface area (Å²) in [6, 6.07) is 17.2. The van der Waals surface area contributed by atoms with Crippen LogP contribution in [0, 0.1) is 19.8 Å². The highest BCUT2D eigenvalue weighted by Gasteiger charge is 2.36. The Morgan fingerprint density at radius 1 is 1.00 bits per heavy atom. The second-order valence-electron chi connectivity index (χ2n) is 12.7. The lowest BCUT2D eigenvalue weighted by molar-refractivity contribution is -0.240. The van der Waals surface area contributed by atoms with E-state index in [1.165, 1.54) is 6.92 Å². The van der Waals surface area contributed by atoms with Crippen LogP contribution in [0.25, 0.3) is 0 Å². The number of carbonyl (C=O) groups excluding carboxylic acids is 2. The molecule has 2 amide bonds. The summed E-state index contributed by atoms with van der Waals surface area (Å²) in [5.74, 6) is 0.158. The smallest absolute Gasteiger partial charge is 0.408 e. The third-order valence-electron chi connectivity index (χ3n) is 7.24. The number of hydrogen-bond acceptors (Lipinski definition) is 7. The molecule has 2 N–H and O–H groups in total. The summed E-state index contributed by atoms with van der Waals surface area (Å²) >= 11 is 0. The Balaban J connectivity index is 2.19. The van der Waals surface area contributed by atoms with E-state index in [0.717, 1.165) is 16.7 Å². The zero-order valence-corrected chi connectivity index (χ0v) is 28.1. The quantitative estimate of drug-likeness (QED) is 0.180. The van der Waals surface area contributed by atoms with E-state index in [2.05, 4.69) is 10.6 Å². The van der Waals surface area contributed by atoms with Gasteiger partial charge in [0.2, 0.25) is 5.91 Å². The van der Waals surface area contributed by atoms with Crippen LogP contribution in [-0.2, 0) is 34.1 Å². The number of aromatic nitrogens is 2. The number of nitrogens with one attached hydrogen (secondary N) is 2. The summed E-state index contributed by atoms with van der Waals surface area (Å²) < 4.78 is 7.27. The summed E-state index contributed by atoms with van der Waals surface area (Å²) in [6.07, 6.45) is -0.699. The van der Waals surface area contributed by atoms with Gasteiger partial charge >= 0.3 is 6.09 Å². The maximum atomic E-state index is 14.2. The van der Waals surface area contributed by atoms with Crippen LogP contribution in [-0.4, -0.2) is 38.4 Å². The van der Waals surface area contributed by atoms with E-state index in [0.29, 0.717) is 23.5 Å². The number of aryl methyl sites for hydroxylation is 2. The fourth-order valence-electron chi connectivity index (χ4n) is 4.97. The third kappa shape index (κ3) is 10.3. The third-order valence-corrected chi connectivity index (χ3v) is 7.24. The number of ether oxygens (including phenoxy) is 1. The molecule has 3 rings (SSSR count). The molecule has 2 aromatic carbocycles. The van der Waals surface area contributed by atoms with Gasteiger partial charge in [-0.2, -0.15) is 5.06 Å². The van der Waals surface area contributed by atoms with E-state index < -0.39 is 23.9 Å². The fourth-order valence-corrected chi connectivity index (χ4v) is 4.97. The Hall–Kier alpha value is -4.02. The largest absolute Gasteiger partial charge is 0.444 e. The first-order valence-corrected chi connectivity index (χ1v) is 15.5. The van der Waals surface area contributed by atoms with Crippen LogP contribution in [0.4, 0.5) is 4.79 Å². The average Bonchev–Trinajstić information content (AvgIpc) is 2.95. The van der Waals surface area contributed by atoms with Crippen molar-refractivity contribution < 1.29 is 19.2 Å². The molecule has 1 heterocycles. The summed E-state index contributed by atoms with van der Waals surface area (Å²) in [5.41, 5.74) is 3.02. The Morgan fingerprint density at radius 3 is 2.20 bits per heavy atom. The summed E-state index contributed by atoms with van der Waals surface area (Å²) in [5, 5.41) is 7.50. The predicted molar refractivity (Wildman–Crippen MR) is 175 cm³/mol. The van der Waals surface area contributed by atoms with Gasteiger partial charge in [-0.15, -0.1) is 0 Å². The van der Waals surface area contributed by atoms with Crippen molar-refractivity contribution in [1.82, 2.24) is 25.2 Å². The summed E-state index contributed by atoms with van der Waals surface area (Å²) in [4.78, 5) is 50.6. The van der Waals surface area contributed by atoms with Crippen molar-refractivity contribution in [3.63, 3.8) is 0 Å². The lowest BCUT2D eigenvalue weighted by atomic mass is 10.0. The molecular weight excluding hydrogens is 570 g/mol. The van der Waals surface area contributed by atoms with Crippen molar-refractivity contribution in [3.05, 3.63) is 98.7 Å². The molecule has 0 saturated carbocycles. The maximum absolute atomic E-state index is 14.2. The molecule has 0 aliphatic carbocycles. The van der Waals surface area contributed by atoms with Crippen molar-refractivity contribution in [3.8, 4) is 0 Å². The van der Waals surface area contributed by atoms with Gasteiger partial charge in [0.1, 0.15) is 17.6 Å². The first-order chi connectivity index (χ1) is 21.2. The van der Waals surface area contributed by atoms with Crippen LogP contribution in [0.3, 0.4) is 0 Å². The molecular formula is C35H49N5O5. The van der Waals surface area contributed by atoms with Gasteiger partial charge < -0.3 is 15.4 Å². The minimum atomic E-state index is -0.689. The lowest BCUT2D eigenvalue weighted by Gasteiger charge is -2.39. The molecule has 0 spiro atoms. The molecule has 2 unspecified atom stereocenters. The van der Waals surface area contributed by atoms with Gasteiger partial charge in [0, 0.05) is 12.6 Å². The maximum Gasteiger partial charge on any atom is 0.408 e. The Morgan fingerprint density at radius 2 is 1.64 bits per heavy atom. The highest BCUT2D eigenvalue weighted by molar-refractivity contribution is 5.72. The molecule has 0 saturated heterocycles. The monoisotopic (exact) mass is 619 g/mol. The van der Waals surface area contributed by atoms with Gasteiger partial charge in [0.15, 0.2) is 0 Å². The highest BCUT2D eigenvalue weighted by Crippen LogP contribution is 2.31. The molecule has 0 aliphatic rings. The number of nitrogens with zero attached hydrogens (tertiary/aromatic N) is 3. The predicted octanol–water partition coefficient (Wildman–Crippen LogP) is 5.94. The Bertz CT molecular complexity index is 1480. The summed E-state index contributed by atoms with van der Waals surface area (Å²) in [6.45, 7) is 17.3. The number of hydroxylamine groups is 2. The molecule has 45 heavy (non-hydrogen) atoms. The Labute approximate surface area is 267 Å². The van der Waals surface area contributed by atoms with Crippen LogP contribution in [0.15, 0.2) is 59.4 Å². The molecule has 1 aromatic heterocycles. The number of rotatable bonds is 13. The van der Waals surface area contributed by atoms with Gasteiger partial charge in [-0.25, -0.2) is 9.78 Å². The van der Waals surface area contributed by atoms with Crippen LogP contribution >= 0.6 is 0 Å². The number of amides is 2. The topological polar surface area (TPSA) is 115 Å². The summed E-state index contributed by atoms with van der Waals surface area (Å²) in [7, 11) is 0. The molecule has 10 heteroatoms. The zero-order valence-electron chi connectivity index (χ0n) is 28.1. The second kappa shape index (κ2) is 15.8. The van der Waals surface area contributed by atoms with E-state index in [1.807, 2.05) is 103 Å². The first-order valence-electron chi connectivity index (χ1n) is 15.5. The zero-order chi connectivity index (χ0) is 33.3. The van der Waals surface area contributed by atoms with Crippen LogP contribution < -0.4 is 16.2 Å². The molecule has 3 aromatic rings. The molecule has 244 valence electrons. The van der Waals surface area contributed by atoms with Gasteiger partial charge in [0.25, 0.3) is 5.56 Å². The van der Waals surface area contributed by atoms with Crippen molar-refractivity contribution in [1.29, 1.82) is 0 Å². The van der Waals surface area contributed by atoms with Crippen molar-refractivity contribution in [2.75, 3.05) is 0 Å². The number of alkyl carbamates (subject to hydrolysis) is 1. The van der Waals surface area contributed by atoms with E-state index in [-0.39, 0.29) is 37.1 Å². The van der Waals surface area contributed by atoms with Gasteiger partial charge in [0.05, 0.1) is 31.3 Å². The average molecular weight is 620 g/mol. The lowest BCUT2D eigenvalue weighted by Crippen LogP contribution is -2.52. The fraction of sp³-hybridized carbons (Fsp3) is 0.486. The van der Waals surface area contributed by atoms with Crippen LogP contribution in [0.5, 0.6) is 0 Å². The van der Waals surface area contributed by atoms with E-state index in [4.69, 9.17) is 14.6 Å². The minimum absolute atomic E-state index is 0.0693. The molecule has 0 radical (unpaired) electrons. The molecule has 0 aliphatic heterocycles. The highest BCUT2D eigenvalue weighted by atomic mass is 16.7. The SMILES string of the molecule is CCC(NC(=O)OC(C)(C)C)N(OCc1ccc(C)cc1)C(c1nc(C)c(CNC(C)=O)c(=O)n1Cc1ccccc1)C(C)C. The molecule has 0 fully saturated rings. The van der Waals surface area contributed by atoms with Crippen LogP contribution in [0.2, 0.25) is 0 Å². The molecule has 10 nitrogen and oxygen atoms in total. The van der Waals surface area contributed by atoms with Crippen molar-refractivity contribution in [2.45, 2.75) is 106 Å². The number of benzene rings is 2. The van der Waals surface area contributed by atoms with Crippen LogP contribution in [0.1, 0.15) is 94.7 Å². The van der Waals surface area contributed by atoms with E-state index in [1.54, 1.807) is 16.6 Å². The molecule has 2 atom stereocenters. The van der Waals surface area contributed by atoms with E-state index >= 15 is 0 Å². The van der Waals surface area contributed by atoms with Gasteiger partial charge in [-0.1, -0.05) is 80.9 Å². The second-order valence-corrected chi connectivity index (χ2v) is 12.7. The normalized spacial score (nSPS) is 13.0. The minimum Gasteiger partial charge on any atom is -0.444 e. The van der Waals surface area contributed by atoms with Crippen molar-refractivity contribution >= 4 is 12.0 Å². The van der Waals surface area contributed by atoms with Crippen molar-refractivity contribution in [2.24, 2.45) is 5.92 Å². The van der Waals surface area contributed by atoms with Gasteiger partial charge in [-0.3, -0.25) is 19.0 Å². The number of carbonyl (C=O) groups is 2. The molecule has 0 bridgehead atoms. The van der Waals surface area contributed by atoms with E-state index in [9.17, 15) is 14.4 Å². The number of hydrogen-bond donors (Lipinski definition) is 2. The standard InChI is InChI=1S/C35H49N5O5/c1-10-30(38-34(43)45-35(7,8)9)40(44-22-28-18-16-24(4)17-19-28)31(23(2)3)32-37-25(5)29(20-36-26(6)41)33(42)39(32)21-27-14-12-11-13-15-27/h11-19,23,30-31H,10,20-22H2,1-9H3,(H,36,41)(H,38,43). The van der Waals surface area contributed by atoms with Gasteiger partial charge in [-0.05, 0) is 58.1 Å².